The molecule has 0 bridgehead atoms. The summed E-state index contributed by atoms with van der Waals surface area (Å²) in [5.74, 6) is -1.09. The number of nitrogens with zero attached hydrogens (tertiary/aromatic N) is 2. The molecular formula is C25H31N3O8S2. The Morgan fingerprint density at radius 3 is 2.61 bits per heavy atom. The largest absolute Gasteiger partial charge is 0.465 e. The van der Waals surface area contributed by atoms with E-state index in [1.165, 1.54) is 54.1 Å². The number of hydrogen-bond donors (Lipinski definition) is 1. The number of likely N-dealkylation sites (N-methyl/N-ethyl adjacent to an activating group) is 1. The lowest BCUT2D eigenvalue weighted by Crippen LogP contribution is -2.36. The number of carbonyl (C=O) groups excluding carboxylic acids is 3. The van der Waals surface area contributed by atoms with Gasteiger partial charge in [0.1, 0.15) is 5.00 Å². The van der Waals surface area contributed by atoms with Crippen molar-refractivity contribution < 1.29 is 37.0 Å². The van der Waals surface area contributed by atoms with Crippen LogP contribution in [-0.2, 0) is 37.2 Å². The van der Waals surface area contributed by atoms with Gasteiger partial charge in [-0.15, -0.1) is 11.3 Å². The van der Waals surface area contributed by atoms with E-state index < -0.39 is 28.0 Å². The lowest BCUT2D eigenvalue weighted by Gasteiger charge is -2.26. The van der Waals surface area contributed by atoms with Crippen molar-refractivity contribution in [1.82, 2.24) is 9.21 Å². The zero-order valence-electron chi connectivity index (χ0n) is 21.5. The minimum absolute atomic E-state index is 0.0652. The average molecular weight is 566 g/mol. The molecule has 13 heteroatoms. The van der Waals surface area contributed by atoms with Crippen molar-refractivity contribution in [3.05, 3.63) is 45.8 Å². The van der Waals surface area contributed by atoms with Crippen LogP contribution < -0.4 is 5.32 Å². The predicted molar refractivity (Wildman–Crippen MR) is 140 cm³/mol. The monoisotopic (exact) mass is 565 g/mol. The number of fused-ring (bicyclic) bond motifs is 1. The molecule has 3 heterocycles. The van der Waals surface area contributed by atoms with Crippen molar-refractivity contribution in [1.29, 1.82) is 0 Å². The Kier molecular flexibility index (Phi) is 8.71. The number of sulfonamides is 1. The Bertz CT molecular complexity index is 1300. The first-order chi connectivity index (χ1) is 18.1. The second kappa shape index (κ2) is 11.8. The van der Waals surface area contributed by atoms with Gasteiger partial charge in [0.15, 0.2) is 0 Å². The number of ether oxygens (including phenoxy) is 3. The number of nitrogens with one attached hydrogen (secondary N) is 1. The summed E-state index contributed by atoms with van der Waals surface area (Å²) in [7, 11) is -0.976. The second-order valence-corrected chi connectivity index (χ2v) is 12.1. The van der Waals surface area contributed by atoms with Crippen LogP contribution in [0.4, 0.5) is 9.80 Å². The number of rotatable bonds is 8. The normalized spacial score (nSPS) is 17.3. The maximum Gasteiger partial charge on any atom is 0.410 e. The predicted octanol–water partition coefficient (Wildman–Crippen LogP) is 3.10. The van der Waals surface area contributed by atoms with E-state index in [1.807, 2.05) is 0 Å². The Labute approximate surface area is 225 Å². The second-order valence-electron chi connectivity index (χ2n) is 8.97. The van der Waals surface area contributed by atoms with Gasteiger partial charge in [0.05, 0.1) is 36.8 Å². The molecule has 2 aromatic rings. The molecule has 0 spiro atoms. The van der Waals surface area contributed by atoms with Crippen LogP contribution in [0.5, 0.6) is 0 Å². The van der Waals surface area contributed by atoms with Crippen molar-refractivity contribution in [2.75, 3.05) is 45.8 Å². The first-order valence-electron chi connectivity index (χ1n) is 12.3. The van der Waals surface area contributed by atoms with E-state index in [0.29, 0.717) is 24.6 Å². The van der Waals surface area contributed by atoms with Gasteiger partial charge in [0.25, 0.3) is 5.91 Å². The molecule has 1 atom stereocenters. The van der Waals surface area contributed by atoms with Crippen LogP contribution in [0.25, 0.3) is 0 Å². The third-order valence-electron chi connectivity index (χ3n) is 6.51. The highest BCUT2D eigenvalue weighted by Gasteiger charge is 2.32. The number of esters is 1. The Balaban J connectivity index is 1.50. The van der Waals surface area contributed by atoms with Crippen LogP contribution >= 0.6 is 11.3 Å². The van der Waals surface area contributed by atoms with Gasteiger partial charge < -0.3 is 24.4 Å². The maximum absolute atomic E-state index is 13.1. The summed E-state index contributed by atoms with van der Waals surface area (Å²) in [6.07, 6.45) is 1.59. The molecule has 1 aromatic heterocycles. The van der Waals surface area contributed by atoms with E-state index in [2.05, 4.69) is 5.32 Å². The lowest BCUT2D eigenvalue weighted by molar-refractivity contribution is 0.0600. The number of anilines is 1. The zero-order chi connectivity index (χ0) is 27.4. The third-order valence-corrected chi connectivity index (χ3v) is 9.48. The Hall–Kier alpha value is -3.00. The zero-order valence-corrected chi connectivity index (χ0v) is 23.2. The van der Waals surface area contributed by atoms with Crippen molar-refractivity contribution in [2.24, 2.45) is 0 Å². The average Bonchev–Trinajstić information content (AvgIpc) is 3.55. The molecule has 11 nitrogen and oxygen atoms in total. The van der Waals surface area contributed by atoms with Crippen molar-refractivity contribution in [3.63, 3.8) is 0 Å². The van der Waals surface area contributed by atoms with Crippen LogP contribution in [0.3, 0.4) is 0 Å². The minimum Gasteiger partial charge on any atom is -0.465 e. The van der Waals surface area contributed by atoms with Crippen molar-refractivity contribution >= 4 is 44.3 Å². The molecule has 4 rings (SSSR count). The van der Waals surface area contributed by atoms with E-state index in [1.54, 1.807) is 11.8 Å². The Morgan fingerprint density at radius 1 is 1.24 bits per heavy atom. The molecule has 1 aromatic carbocycles. The van der Waals surface area contributed by atoms with Gasteiger partial charge in [-0.05, 0) is 56.0 Å². The highest BCUT2D eigenvalue weighted by molar-refractivity contribution is 7.89. The minimum atomic E-state index is -3.75. The van der Waals surface area contributed by atoms with Crippen molar-refractivity contribution in [2.45, 2.75) is 43.7 Å². The third kappa shape index (κ3) is 5.85. The highest BCUT2D eigenvalue weighted by Crippen LogP contribution is 2.38. The molecule has 2 aliphatic rings. The maximum atomic E-state index is 13.1. The Morgan fingerprint density at radius 2 is 1.97 bits per heavy atom. The van der Waals surface area contributed by atoms with Gasteiger partial charge >= 0.3 is 12.1 Å². The number of methoxy groups -OCH3 is 1. The van der Waals surface area contributed by atoms with Gasteiger partial charge in [-0.25, -0.2) is 18.0 Å². The van der Waals surface area contributed by atoms with Gasteiger partial charge in [-0.1, -0.05) is 0 Å². The summed E-state index contributed by atoms with van der Waals surface area (Å²) >= 11 is 1.20. The summed E-state index contributed by atoms with van der Waals surface area (Å²) in [6, 6.07) is 5.62. The number of carbonyl (C=O) groups is 3. The smallest absolute Gasteiger partial charge is 0.410 e. The number of thiophene rings is 1. The molecule has 2 amide bonds. The molecule has 206 valence electrons. The SMILES string of the molecule is CCOC(=O)N1CCc2c(sc(NC(=O)c3ccc(S(=O)(=O)N(C)CC4CCCO4)cc3)c2C(=O)OC)C1. The summed E-state index contributed by atoms with van der Waals surface area (Å²) in [5.41, 5.74) is 1.22. The molecule has 38 heavy (non-hydrogen) atoms. The molecule has 1 saturated heterocycles. The van der Waals surface area contributed by atoms with E-state index in [9.17, 15) is 22.8 Å². The number of amides is 2. The van der Waals surface area contributed by atoms with Crippen LogP contribution in [0.1, 0.15) is 50.9 Å². The highest BCUT2D eigenvalue weighted by atomic mass is 32.2. The summed E-state index contributed by atoms with van der Waals surface area (Å²) < 4.78 is 42.7. The van der Waals surface area contributed by atoms with Gasteiger partial charge in [-0.2, -0.15) is 4.31 Å². The summed E-state index contributed by atoms with van der Waals surface area (Å²) in [5, 5.41) is 3.08. The fraction of sp³-hybridized carbons (Fsp3) is 0.480. The summed E-state index contributed by atoms with van der Waals surface area (Å²) in [6.45, 7) is 3.51. The van der Waals surface area contributed by atoms with Crippen molar-refractivity contribution in [3.8, 4) is 0 Å². The van der Waals surface area contributed by atoms with E-state index >= 15 is 0 Å². The number of benzene rings is 1. The molecule has 1 N–H and O–H groups in total. The topological polar surface area (TPSA) is 132 Å². The first-order valence-corrected chi connectivity index (χ1v) is 14.5. The first kappa shape index (κ1) is 28.0. The molecule has 1 fully saturated rings. The van der Waals surface area contributed by atoms with Gasteiger partial charge in [-0.3, -0.25) is 4.79 Å². The molecule has 0 radical (unpaired) electrons. The molecule has 0 aliphatic carbocycles. The van der Waals surface area contributed by atoms with E-state index in [-0.39, 0.29) is 41.8 Å². The molecule has 0 saturated carbocycles. The van der Waals surface area contributed by atoms with Crippen LogP contribution in [0, 0.1) is 0 Å². The summed E-state index contributed by atoms with van der Waals surface area (Å²) in [4.78, 5) is 40.2. The van der Waals surface area contributed by atoms with Crippen LogP contribution in [0.15, 0.2) is 29.2 Å². The van der Waals surface area contributed by atoms with Crippen LogP contribution in [-0.4, -0.2) is 82.2 Å². The quantitative estimate of drug-likeness (QED) is 0.483. The molecule has 2 aliphatic heterocycles. The lowest BCUT2D eigenvalue weighted by atomic mass is 10.0. The molecular weight excluding hydrogens is 534 g/mol. The van der Waals surface area contributed by atoms with Gasteiger partial charge in [0, 0.05) is 37.2 Å². The fourth-order valence-electron chi connectivity index (χ4n) is 4.49. The number of hydrogen-bond acceptors (Lipinski definition) is 9. The van der Waals surface area contributed by atoms with Crippen LogP contribution in [0.2, 0.25) is 0 Å². The fourth-order valence-corrected chi connectivity index (χ4v) is 6.94. The molecule has 1 unspecified atom stereocenters. The van der Waals surface area contributed by atoms with Gasteiger partial charge in [0.2, 0.25) is 10.0 Å². The van der Waals surface area contributed by atoms with E-state index in [4.69, 9.17) is 14.2 Å². The van der Waals surface area contributed by atoms with E-state index in [0.717, 1.165) is 23.3 Å². The standard InChI is InChI=1S/C25H31N3O8S2/c1-4-35-25(31)28-12-11-19-20(15-28)37-23(21(19)24(30)34-3)26-22(29)16-7-9-18(10-8-16)38(32,33)27(2)14-17-6-5-13-36-17/h7-10,17H,4-6,11-15H2,1-3H3,(H,26,29).